The summed E-state index contributed by atoms with van der Waals surface area (Å²) < 4.78 is 46.1. The van der Waals surface area contributed by atoms with Crippen molar-refractivity contribution in [3.8, 4) is 5.88 Å². The van der Waals surface area contributed by atoms with Gasteiger partial charge in [0.15, 0.2) is 0 Å². The van der Waals surface area contributed by atoms with Crippen LogP contribution in [0.1, 0.15) is 69.4 Å². The molecule has 1 saturated heterocycles. The minimum atomic E-state index is -4.81. The number of aryl methyl sites for hydroxylation is 1. The summed E-state index contributed by atoms with van der Waals surface area (Å²) in [6.45, 7) is 4.15. The Hall–Kier alpha value is -3.57. The van der Waals surface area contributed by atoms with Gasteiger partial charge >= 0.3 is 12.2 Å². The van der Waals surface area contributed by atoms with E-state index in [1.165, 1.54) is 6.07 Å². The van der Waals surface area contributed by atoms with Crippen LogP contribution >= 0.6 is 0 Å². The molecule has 2 heterocycles. The second-order valence-electron chi connectivity index (χ2n) is 10.9. The third-order valence-electron chi connectivity index (χ3n) is 7.93. The number of carbonyl (C=O) groups excluding carboxylic acids is 1. The fourth-order valence-corrected chi connectivity index (χ4v) is 5.70. The third kappa shape index (κ3) is 8.71. The SMILES string of the molecule is CCNC(=O)N1CCCC(CCc2ccnc(OC3CCC(Nc4ccc([N+](=O)[O-])c(C(F)(F)F)c4)CC3)c2)CC1. The van der Waals surface area contributed by atoms with Gasteiger partial charge in [-0.05, 0) is 94.4 Å². The molecule has 2 N–H and O–H groups in total. The van der Waals surface area contributed by atoms with Crippen molar-refractivity contribution in [2.45, 2.75) is 83.0 Å². The van der Waals surface area contributed by atoms with E-state index >= 15 is 0 Å². The van der Waals surface area contributed by atoms with Gasteiger partial charge < -0.3 is 20.3 Å². The number of ether oxygens (including phenoxy) is 1. The molecule has 0 radical (unpaired) electrons. The second kappa shape index (κ2) is 13.9. The Morgan fingerprint density at radius 1 is 1.12 bits per heavy atom. The zero-order chi connectivity index (χ0) is 29.4. The zero-order valence-electron chi connectivity index (χ0n) is 23.3. The Bertz CT molecular complexity index is 1190. The molecular formula is C29H38F3N5O4. The van der Waals surface area contributed by atoms with Crippen LogP contribution in [0.4, 0.5) is 29.3 Å². The number of likely N-dealkylation sites (tertiary alicyclic amines) is 1. The molecule has 2 aromatic rings. The number of hydrogen-bond donors (Lipinski definition) is 2. The number of benzene rings is 1. The Morgan fingerprint density at radius 2 is 1.90 bits per heavy atom. The molecular weight excluding hydrogens is 539 g/mol. The minimum absolute atomic E-state index is 0.0239. The van der Waals surface area contributed by atoms with Crippen LogP contribution < -0.4 is 15.4 Å². The lowest BCUT2D eigenvalue weighted by atomic mass is 9.92. The Labute approximate surface area is 238 Å². The first kappa shape index (κ1) is 30.4. The van der Waals surface area contributed by atoms with Crippen molar-refractivity contribution in [3.05, 3.63) is 57.8 Å². The molecule has 0 bridgehead atoms. The monoisotopic (exact) mass is 577 g/mol. The number of halogens is 3. The molecule has 2 amide bonds. The second-order valence-corrected chi connectivity index (χ2v) is 10.9. The normalized spacial score (nSPS) is 21.6. The average Bonchev–Trinajstić information content (AvgIpc) is 3.19. The lowest BCUT2D eigenvalue weighted by molar-refractivity contribution is -0.388. The summed E-state index contributed by atoms with van der Waals surface area (Å²) in [5, 5.41) is 17.0. The predicted molar refractivity (Wildman–Crippen MR) is 149 cm³/mol. The molecule has 1 atom stereocenters. The maximum Gasteiger partial charge on any atom is 0.423 e. The molecule has 1 aliphatic carbocycles. The summed E-state index contributed by atoms with van der Waals surface area (Å²) in [7, 11) is 0. The Kier molecular flexibility index (Phi) is 10.3. The van der Waals surface area contributed by atoms with Crippen molar-refractivity contribution in [2.24, 2.45) is 5.92 Å². The van der Waals surface area contributed by atoms with Crippen molar-refractivity contribution in [1.82, 2.24) is 15.2 Å². The Morgan fingerprint density at radius 3 is 2.61 bits per heavy atom. The van der Waals surface area contributed by atoms with Crippen LogP contribution in [0.3, 0.4) is 0 Å². The van der Waals surface area contributed by atoms with E-state index in [0.29, 0.717) is 44.0 Å². The first-order chi connectivity index (χ1) is 19.6. The topological polar surface area (TPSA) is 110 Å². The van der Waals surface area contributed by atoms with Gasteiger partial charge in [-0.15, -0.1) is 0 Å². The van der Waals surface area contributed by atoms with Gasteiger partial charge in [0.05, 0.1) is 4.92 Å². The fraction of sp³-hybridized carbons (Fsp3) is 0.586. The van der Waals surface area contributed by atoms with Gasteiger partial charge in [0.1, 0.15) is 11.7 Å². The van der Waals surface area contributed by atoms with Crippen LogP contribution in [0, 0.1) is 16.0 Å². The van der Waals surface area contributed by atoms with E-state index in [9.17, 15) is 28.1 Å². The van der Waals surface area contributed by atoms with Crippen LogP contribution in [-0.4, -0.2) is 52.6 Å². The highest BCUT2D eigenvalue weighted by Crippen LogP contribution is 2.38. The number of urea groups is 1. The van der Waals surface area contributed by atoms with Gasteiger partial charge in [-0.3, -0.25) is 10.1 Å². The number of nitro groups is 1. The van der Waals surface area contributed by atoms with E-state index in [4.69, 9.17) is 4.74 Å². The molecule has 2 fully saturated rings. The molecule has 1 aliphatic heterocycles. The van der Waals surface area contributed by atoms with Crippen molar-refractivity contribution in [3.63, 3.8) is 0 Å². The average molecular weight is 578 g/mol. The summed E-state index contributed by atoms with van der Waals surface area (Å²) in [6, 6.07) is 6.98. The van der Waals surface area contributed by atoms with E-state index < -0.39 is 22.4 Å². The van der Waals surface area contributed by atoms with E-state index in [2.05, 4.69) is 15.6 Å². The van der Waals surface area contributed by atoms with Crippen molar-refractivity contribution in [2.75, 3.05) is 25.0 Å². The van der Waals surface area contributed by atoms with Gasteiger partial charge in [-0.25, -0.2) is 9.78 Å². The molecule has 9 nitrogen and oxygen atoms in total. The third-order valence-corrected chi connectivity index (χ3v) is 7.93. The largest absolute Gasteiger partial charge is 0.474 e. The number of aromatic nitrogens is 1. The summed E-state index contributed by atoms with van der Waals surface area (Å²) >= 11 is 0. The Balaban J connectivity index is 1.24. The van der Waals surface area contributed by atoms with Gasteiger partial charge in [-0.2, -0.15) is 13.2 Å². The van der Waals surface area contributed by atoms with Crippen LogP contribution in [-0.2, 0) is 12.6 Å². The predicted octanol–water partition coefficient (Wildman–Crippen LogP) is 6.57. The fourth-order valence-electron chi connectivity index (χ4n) is 5.70. The number of anilines is 1. The minimum Gasteiger partial charge on any atom is -0.474 e. The quantitative estimate of drug-likeness (QED) is 0.258. The van der Waals surface area contributed by atoms with Gasteiger partial charge in [-0.1, -0.05) is 0 Å². The van der Waals surface area contributed by atoms with Crippen molar-refractivity contribution >= 4 is 17.4 Å². The standard InChI is InChI=1S/C29H38F3N5O4/c1-2-33-28(38)36-16-3-4-20(14-17-36)5-6-21-13-15-34-27(18-21)41-24-10-7-22(8-11-24)35-23-9-12-26(37(39)40)25(19-23)29(30,31)32/h9,12-13,15,18-20,22,24,35H,2-8,10-11,14,16-17H2,1H3,(H,33,38). The van der Waals surface area contributed by atoms with E-state index in [1.807, 2.05) is 24.0 Å². The summed E-state index contributed by atoms with van der Waals surface area (Å²) in [5.74, 6) is 1.14. The zero-order valence-corrected chi connectivity index (χ0v) is 23.3. The molecule has 1 aromatic carbocycles. The summed E-state index contributed by atoms with van der Waals surface area (Å²) in [4.78, 5) is 28.4. The molecule has 224 valence electrons. The number of nitro benzene ring substituents is 1. The van der Waals surface area contributed by atoms with Crippen LogP contribution in [0.5, 0.6) is 5.88 Å². The first-order valence-corrected chi connectivity index (χ1v) is 14.4. The number of amides is 2. The summed E-state index contributed by atoms with van der Waals surface area (Å²) in [6.07, 6.45) is 4.80. The highest BCUT2D eigenvalue weighted by atomic mass is 19.4. The molecule has 41 heavy (non-hydrogen) atoms. The highest BCUT2D eigenvalue weighted by molar-refractivity contribution is 5.74. The molecule has 0 spiro atoms. The molecule has 1 unspecified atom stereocenters. The molecule has 1 saturated carbocycles. The number of alkyl halides is 3. The van der Waals surface area contributed by atoms with Crippen LogP contribution in [0.15, 0.2) is 36.5 Å². The van der Waals surface area contributed by atoms with E-state index in [1.54, 1.807) is 6.20 Å². The highest BCUT2D eigenvalue weighted by Gasteiger charge is 2.38. The van der Waals surface area contributed by atoms with Crippen molar-refractivity contribution in [1.29, 1.82) is 0 Å². The van der Waals surface area contributed by atoms with Gasteiger partial charge in [0.25, 0.3) is 5.69 Å². The lowest BCUT2D eigenvalue weighted by Gasteiger charge is -2.30. The summed E-state index contributed by atoms with van der Waals surface area (Å²) in [5.41, 5.74) is -0.829. The number of pyridine rings is 1. The van der Waals surface area contributed by atoms with Crippen LogP contribution in [0.2, 0.25) is 0 Å². The molecule has 1 aromatic heterocycles. The maximum atomic E-state index is 13.3. The van der Waals surface area contributed by atoms with E-state index in [-0.39, 0.29) is 23.9 Å². The smallest absolute Gasteiger partial charge is 0.423 e. The van der Waals surface area contributed by atoms with Gasteiger partial charge in [0.2, 0.25) is 5.88 Å². The van der Waals surface area contributed by atoms with Crippen LogP contribution in [0.25, 0.3) is 0 Å². The molecule has 2 aliphatic rings. The van der Waals surface area contributed by atoms with Crippen molar-refractivity contribution < 1.29 is 27.6 Å². The number of carbonyl (C=O) groups is 1. The van der Waals surface area contributed by atoms with E-state index in [0.717, 1.165) is 62.9 Å². The molecule has 4 rings (SSSR count). The molecule has 12 heteroatoms. The number of nitrogens with one attached hydrogen (secondary N) is 2. The number of rotatable bonds is 9. The number of hydrogen-bond acceptors (Lipinski definition) is 6. The maximum absolute atomic E-state index is 13.3. The number of nitrogens with zero attached hydrogens (tertiary/aromatic N) is 3. The first-order valence-electron chi connectivity index (χ1n) is 14.4. The van der Waals surface area contributed by atoms with Gasteiger partial charge in [0, 0.05) is 49.7 Å². The lowest BCUT2D eigenvalue weighted by Crippen LogP contribution is -2.40.